The van der Waals surface area contributed by atoms with Gasteiger partial charge in [-0.05, 0) is 6.92 Å². The van der Waals surface area contributed by atoms with E-state index in [4.69, 9.17) is 0 Å². The lowest BCUT2D eigenvalue weighted by atomic mass is 10.4. The molecule has 0 unspecified atom stereocenters. The molecule has 1 rings (SSSR count). The fraction of sp³-hybridized carbons (Fsp3) is 0.600. The maximum Gasteiger partial charge on any atom is 0.106 e. The molecule has 0 aromatic carbocycles. The lowest BCUT2D eigenvalue weighted by molar-refractivity contribution is 0.550. The van der Waals surface area contributed by atoms with Gasteiger partial charge in [0.05, 0.1) is 12.3 Å². The largest absolute Gasteiger partial charge is 0.268 e. The van der Waals surface area contributed by atoms with Crippen molar-refractivity contribution >= 4 is 12.1 Å². The van der Waals surface area contributed by atoms with Gasteiger partial charge in [-0.25, -0.2) is 0 Å². The molecule has 3 heteroatoms. The van der Waals surface area contributed by atoms with E-state index in [0.29, 0.717) is 0 Å². The summed E-state index contributed by atoms with van der Waals surface area (Å²) >= 11 is 0. The van der Waals surface area contributed by atoms with Crippen LogP contribution in [-0.2, 0) is 0 Å². The van der Waals surface area contributed by atoms with Crippen molar-refractivity contribution in [2.75, 3.05) is 13.6 Å². The van der Waals surface area contributed by atoms with Gasteiger partial charge in [-0.1, -0.05) is 0 Å². The highest BCUT2D eigenvalue weighted by Gasteiger charge is 1.95. The fourth-order valence-corrected chi connectivity index (χ4v) is 0.618. The molecule has 1 aliphatic rings. The van der Waals surface area contributed by atoms with Crippen molar-refractivity contribution in [2.24, 2.45) is 10.1 Å². The Morgan fingerprint density at radius 3 is 2.88 bits per heavy atom. The van der Waals surface area contributed by atoms with E-state index in [1.54, 1.807) is 11.3 Å². The van der Waals surface area contributed by atoms with Crippen LogP contribution in [0.15, 0.2) is 10.1 Å². The first-order valence-corrected chi connectivity index (χ1v) is 2.56. The number of hydrogen-bond acceptors (Lipinski definition) is 3. The van der Waals surface area contributed by atoms with Crippen molar-refractivity contribution < 1.29 is 0 Å². The molecule has 0 saturated carbocycles. The molecule has 0 spiro atoms. The minimum atomic E-state index is 0.754. The van der Waals surface area contributed by atoms with Gasteiger partial charge in [0.1, 0.15) is 6.34 Å². The second-order valence-corrected chi connectivity index (χ2v) is 1.87. The minimum Gasteiger partial charge on any atom is -0.268 e. The lowest BCUT2D eigenvalue weighted by Crippen LogP contribution is -2.17. The van der Waals surface area contributed by atoms with Crippen LogP contribution in [-0.4, -0.2) is 30.7 Å². The van der Waals surface area contributed by atoms with Gasteiger partial charge in [0, 0.05) is 7.05 Å². The molecule has 0 atom stereocenters. The van der Waals surface area contributed by atoms with Crippen LogP contribution in [0.4, 0.5) is 0 Å². The van der Waals surface area contributed by atoms with E-state index >= 15 is 0 Å². The molecule has 3 nitrogen and oxygen atoms in total. The van der Waals surface area contributed by atoms with Crippen LogP contribution in [0.2, 0.25) is 0 Å². The molecular weight excluding hydrogens is 102 g/mol. The first kappa shape index (κ1) is 5.28. The normalized spacial score (nSPS) is 18.8. The van der Waals surface area contributed by atoms with Crippen LogP contribution in [0, 0.1) is 0 Å². The quantitative estimate of drug-likeness (QED) is 0.443. The van der Waals surface area contributed by atoms with Crippen molar-refractivity contribution in [1.29, 1.82) is 0 Å². The molecule has 0 radical (unpaired) electrons. The third-order valence-electron chi connectivity index (χ3n) is 0.897. The van der Waals surface area contributed by atoms with Crippen molar-refractivity contribution in [3.8, 4) is 0 Å². The molecule has 0 aromatic heterocycles. The van der Waals surface area contributed by atoms with E-state index in [-0.39, 0.29) is 0 Å². The topological polar surface area (TPSA) is 28.0 Å². The van der Waals surface area contributed by atoms with E-state index in [1.807, 2.05) is 14.0 Å². The summed E-state index contributed by atoms with van der Waals surface area (Å²) < 4.78 is 0. The minimum absolute atomic E-state index is 0.754. The van der Waals surface area contributed by atoms with Crippen LogP contribution in [0.25, 0.3) is 0 Å². The monoisotopic (exact) mass is 111 g/mol. The molecule has 44 valence electrons. The van der Waals surface area contributed by atoms with Crippen LogP contribution in [0.5, 0.6) is 0 Å². The summed E-state index contributed by atoms with van der Waals surface area (Å²) in [6.45, 7) is 2.72. The van der Waals surface area contributed by atoms with Gasteiger partial charge >= 0.3 is 0 Å². The van der Waals surface area contributed by atoms with E-state index < -0.39 is 0 Å². The molecule has 1 heterocycles. The van der Waals surface area contributed by atoms with Gasteiger partial charge in [0.2, 0.25) is 0 Å². The zero-order valence-electron chi connectivity index (χ0n) is 5.13. The Morgan fingerprint density at radius 1 is 1.75 bits per heavy atom. The molecule has 0 amide bonds. The first-order chi connectivity index (χ1) is 3.79. The molecule has 0 saturated heterocycles. The van der Waals surface area contributed by atoms with Crippen molar-refractivity contribution in [1.82, 2.24) is 5.01 Å². The maximum atomic E-state index is 4.08. The standard InChI is InChI=1S/C5H9N3/c1-5-3-6-4-8(2)7-5/h4H,3H2,1-2H3. The van der Waals surface area contributed by atoms with Gasteiger partial charge in [-0.3, -0.25) is 10.0 Å². The number of nitrogens with zero attached hydrogens (tertiary/aromatic N) is 3. The molecule has 0 N–H and O–H groups in total. The van der Waals surface area contributed by atoms with Crippen LogP contribution < -0.4 is 0 Å². The fourth-order valence-electron chi connectivity index (χ4n) is 0.618. The van der Waals surface area contributed by atoms with Gasteiger partial charge in [-0.15, -0.1) is 0 Å². The highest BCUT2D eigenvalue weighted by Crippen LogP contribution is 1.89. The zero-order valence-corrected chi connectivity index (χ0v) is 5.13. The Kier molecular flexibility index (Phi) is 1.28. The Balaban J connectivity index is 2.60. The number of hydrazone groups is 1. The molecule has 1 aliphatic heterocycles. The average Bonchev–Trinajstić information content (AvgIpc) is 1.64. The van der Waals surface area contributed by atoms with Crippen molar-refractivity contribution in [3.63, 3.8) is 0 Å². The molecule has 0 aromatic rings. The van der Waals surface area contributed by atoms with E-state index in [1.165, 1.54) is 0 Å². The predicted molar refractivity (Wildman–Crippen MR) is 34.2 cm³/mol. The number of aliphatic imine (C=N–C) groups is 1. The first-order valence-electron chi connectivity index (χ1n) is 2.56. The van der Waals surface area contributed by atoms with Gasteiger partial charge < -0.3 is 0 Å². The van der Waals surface area contributed by atoms with Crippen molar-refractivity contribution in [3.05, 3.63) is 0 Å². The predicted octanol–water partition coefficient (Wildman–Crippen LogP) is 0.336. The van der Waals surface area contributed by atoms with Crippen LogP contribution >= 0.6 is 0 Å². The summed E-state index contributed by atoms with van der Waals surface area (Å²) in [5, 5.41) is 5.79. The van der Waals surface area contributed by atoms with E-state index in [9.17, 15) is 0 Å². The summed E-state index contributed by atoms with van der Waals surface area (Å²) in [5.74, 6) is 0. The zero-order chi connectivity index (χ0) is 5.98. The maximum absolute atomic E-state index is 4.08. The van der Waals surface area contributed by atoms with Gasteiger partial charge in [-0.2, -0.15) is 5.10 Å². The Bertz CT molecular complexity index is 137. The SMILES string of the molecule is CC1=NN(C)C=NC1. The summed E-state index contributed by atoms with van der Waals surface area (Å²) in [4.78, 5) is 4.01. The van der Waals surface area contributed by atoms with Crippen molar-refractivity contribution in [2.45, 2.75) is 6.92 Å². The molecule has 8 heavy (non-hydrogen) atoms. The lowest BCUT2D eigenvalue weighted by Gasteiger charge is -2.10. The van der Waals surface area contributed by atoms with Crippen LogP contribution in [0.1, 0.15) is 6.92 Å². The van der Waals surface area contributed by atoms with Gasteiger partial charge in [0.15, 0.2) is 0 Å². The van der Waals surface area contributed by atoms with E-state index in [0.717, 1.165) is 12.3 Å². The Labute approximate surface area is 48.7 Å². The molecule has 0 aliphatic carbocycles. The highest BCUT2D eigenvalue weighted by molar-refractivity contribution is 5.86. The Morgan fingerprint density at radius 2 is 2.50 bits per heavy atom. The molecule has 0 bridgehead atoms. The number of rotatable bonds is 0. The molecular formula is C5H9N3. The second kappa shape index (κ2) is 1.94. The highest BCUT2D eigenvalue weighted by atomic mass is 15.5. The van der Waals surface area contributed by atoms with Crippen LogP contribution in [0.3, 0.4) is 0 Å². The number of hydrogen-bond donors (Lipinski definition) is 0. The summed E-state index contributed by atoms with van der Waals surface area (Å²) in [6.07, 6.45) is 1.72. The smallest absolute Gasteiger partial charge is 0.106 e. The average molecular weight is 111 g/mol. The van der Waals surface area contributed by atoms with E-state index in [2.05, 4.69) is 10.1 Å². The van der Waals surface area contributed by atoms with Gasteiger partial charge in [0.25, 0.3) is 0 Å². The summed E-state index contributed by atoms with van der Waals surface area (Å²) in [7, 11) is 1.87. The Hall–Kier alpha value is -0.860. The summed E-state index contributed by atoms with van der Waals surface area (Å²) in [6, 6.07) is 0. The summed E-state index contributed by atoms with van der Waals surface area (Å²) in [5.41, 5.74) is 1.06. The molecule has 0 fully saturated rings. The second-order valence-electron chi connectivity index (χ2n) is 1.87. The third-order valence-corrected chi connectivity index (χ3v) is 0.897. The third kappa shape index (κ3) is 1.05.